The van der Waals surface area contributed by atoms with Gasteiger partial charge in [0.15, 0.2) is 0 Å². The third-order valence-corrected chi connectivity index (χ3v) is 10.1. The molecule has 0 amide bonds. The van der Waals surface area contributed by atoms with Gasteiger partial charge in [0.25, 0.3) is 0 Å². The number of hydrogen-bond donors (Lipinski definition) is 0. The first-order valence-corrected chi connectivity index (χ1v) is 8.42. The average Bonchev–Trinajstić information content (AvgIpc) is 2.73. The van der Waals surface area contributed by atoms with Crippen LogP contribution < -0.4 is 0 Å². The highest BCUT2D eigenvalue weighted by Crippen LogP contribution is 2.54. The summed E-state index contributed by atoms with van der Waals surface area (Å²) in [5.74, 6) is 0.597. The Morgan fingerprint density at radius 2 is 1.50 bits per heavy atom. The molecule has 0 unspecified atom stereocenters. The van der Waals surface area contributed by atoms with Gasteiger partial charge >= 0.3 is 8.56 Å². The van der Waals surface area contributed by atoms with Crippen LogP contribution in [0.2, 0.25) is 10.6 Å². The van der Waals surface area contributed by atoms with Gasteiger partial charge in [0.1, 0.15) is 0 Å². The van der Waals surface area contributed by atoms with Crippen LogP contribution in [0.25, 0.3) is 0 Å². The molecule has 0 N–H and O–H groups in total. The third-order valence-electron chi connectivity index (χ3n) is 4.84. The van der Waals surface area contributed by atoms with Crippen molar-refractivity contribution in [3.63, 3.8) is 0 Å². The van der Waals surface area contributed by atoms with E-state index in [0.29, 0.717) is 11.5 Å². The topological polar surface area (TPSA) is 18.5 Å². The monoisotopic (exact) mass is 244 g/mol. The summed E-state index contributed by atoms with van der Waals surface area (Å²) >= 11 is 0. The van der Waals surface area contributed by atoms with E-state index >= 15 is 0 Å². The predicted octanol–water partition coefficient (Wildman–Crippen LogP) is 4.10. The van der Waals surface area contributed by atoms with E-state index in [9.17, 15) is 0 Å². The van der Waals surface area contributed by atoms with Gasteiger partial charge in [-0.15, -0.1) is 0 Å². The van der Waals surface area contributed by atoms with Crippen LogP contribution in [0.1, 0.15) is 53.4 Å². The zero-order valence-corrected chi connectivity index (χ0v) is 12.8. The summed E-state index contributed by atoms with van der Waals surface area (Å²) in [6.07, 6.45) is 5.29. The molecule has 1 fully saturated rings. The van der Waals surface area contributed by atoms with Gasteiger partial charge in [0.05, 0.1) is 0 Å². The van der Waals surface area contributed by atoms with Gasteiger partial charge < -0.3 is 8.85 Å². The van der Waals surface area contributed by atoms with Gasteiger partial charge in [0.2, 0.25) is 0 Å². The SMILES string of the molecule is CO[Si](OC)(C1CCCC1)C(C)(C)C(C)C. The van der Waals surface area contributed by atoms with Crippen LogP contribution in [0.4, 0.5) is 0 Å². The van der Waals surface area contributed by atoms with E-state index in [-0.39, 0.29) is 5.04 Å². The molecule has 0 heterocycles. The van der Waals surface area contributed by atoms with E-state index in [4.69, 9.17) is 8.85 Å². The highest BCUT2D eigenvalue weighted by molar-refractivity contribution is 6.72. The van der Waals surface area contributed by atoms with E-state index in [1.165, 1.54) is 25.7 Å². The molecule has 0 aromatic heterocycles. The highest BCUT2D eigenvalue weighted by Gasteiger charge is 2.57. The van der Waals surface area contributed by atoms with E-state index in [1.54, 1.807) is 0 Å². The maximum Gasteiger partial charge on any atom is 0.346 e. The van der Waals surface area contributed by atoms with Gasteiger partial charge in [-0.2, -0.15) is 0 Å². The van der Waals surface area contributed by atoms with E-state index in [2.05, 4.69) is 27.7 Å². The summed E-state index contributed by atoms with van der Waals surface area (Å²) < 4.78 is 12.0. The van der Waals surface area contributed by atoms with Crippen molar-refractivity contribution in [2.75, 3.05) is 14.2 Å². The maximum atomic E-state index is 6.01. The number of hydrogen-bond acceptors (Lipinski definition) is 2. The van der Waals surface area contributed by atoms with Crippen molar-refractivity contribution in [3.05, 3.63) is 0 Å². The van der Waals surface area contributed by atoms with Gasteiger partial charge in [-0.05, 0) is 18.8 Å². The molecule has 0 spiro atoms. The Morgan fingerprint density at radius 3 is 1.81 bits per heavy atom. The molecule has 3 heteroatoms. The smallest absolute Gasteiger partial charge is 0.346 e. The first-order valence-electron chi connectivity index (χ1n) is 6.52. The Morgan fingerprint density at radius 1 is 1.06 bits per heavy atom. The second-order valence-electron chi connectivity index (χ2n) is 5.93. The largest absolute Gasteiger partial charge is 0.397 e. The normalized spacial score (nSPS) is 19.7. The lowest BCUT2D eigenvalue weighted by Gasteiger charge is -2.47. The van der Waals surface area contributed by atoms with Crippen LogP contribution in [0.15, 0.2) is 0 Å². The van der Waals surface area contributed by atoms with Crippen molar-refractivity contribution in [1.82, 2.24) is 0 Å². The van der Waals surface area contributed by atoms with Gasteiger partial charge in [0, 0.05) is 24.8 Å². The molecule has 96 valence electrons. The minimum Gasteiger partial charge on any atom is -0.397 e. The standard InChI is InChI=1S/C13H28O2Si/c1-11(2)13(3,4)16(14-5,15-6)12-9-7-8-10-12/h11-12H,7-10H2,1-6H3. The van der Waals surface area contributed by atoms with Crippen LogP contribution in [0.3, 0.4) is 0 Å². The molecule has 0 aromatic rings. The first-order chi connectivity index (χ1) is 7.42. The zero-order chi connectivity index (χ0) is 12.4. The molecule has 2 nitrogen and oxygen atoms in total. The Balaban J connectivity index is 3.03. The minimum atomic E-state index is -2.10. The zero-order valence-electron chi connectivity index (χ0n) is 11.8. The van der Waals surface area contributed by atoms with Crippen molar-refractivity contribution < 1.29 is 8.85 Å². The van der Waals surface area contributed by atoms with Crippen LogP contribution in [0, 0.1) is 5.92 Å². The lowest BCUT2D eigenvalue weighted by molar-refractivity contribution is 0.179. The predicted molar refractivity (Wildman–Crippen MR) is 70.9 cm³/mol. The maximum absolute atomic E-state index is 6.01. The summed E-state index contributed by atoms with van der Waals surface area (Å²) in [6, 6.07) is 0. The summed E-state index contributed by atoms with van der Waals surface area (Å²) in [7, 11) is 1.62. The molecule has 0 atom stereocenters. The van der Waals surface area contributed by atoms with Crippen molar-refractivity contribution in [1.29, 1.82) is 0 Å². The summed E-state index contributed by atoms with van der Waals surface area (Å²) in [5.41, 5.74) is 0.680. The molecule has 1 rings (SSSR count). The molecular weight excluding hydrogens is 216 g/mol. The van der Waals surface area contributed by atoms with Gasteiger partial charge in [-0.1, -0.05) is 40.5 Å². The molecule has 0 saturated heterocycles. The Labute approximate surface area is 102 Å². The van der Waals surface area contributed by atoms with E-state index in [1.807, 2.05) is 14.2 Å². The highest BCUT2D eigenvalue weighted by atomic mass is 28.4. The fourth-order valence-electron chi connectivity index (χ4n) is 3.18. The first kappa shape index (κ1) is 14.2. The molecular formula is C13H28O2Si. The molecule has 0 aromatic carbocycles. The van der Waals surface area contributed by atoms with Crippen LogP contribution in [-0.2, 0) is 8.85 Å². The average molecular weight is 244 g/mol. The second kappa shape index (κ2) is 5.19. The van der Waals surface area contributed by atoms with Crippen LogP contribution in [0.5, 0.6) is 0 Å². The van der Waals surface area contributed by atoms with Crippen molar-refractivity contribution in [2.45, 2.75) is 64.0 Å². The summed E-state index contributed by atoms with van der Waals surface area (Å²) in [5, 5.41) is 0.172. The molecule has 1 saturated carbocycles. The minimum absolute atomic E-state index is 0.172. The van der Waals surface area contributed by atoms with Crippen LogP contribution >= 0.6 is 0 Å². The summed E-state index contributed by atoms with van der Waals surface area (Å²) in [6.45, 7) is 9.23. The molecule has 16 heavy (non-hydrogen) atoms. The number of rotatable bonds is 5. The quantitative estimate of drug-likeness (QED) is 0.678. The Bertz CT molecular complexity index is 216. The van der Waals surface area contributed by atoms with Gasteiger partial charge in [-0.3, -0.25) is 0 Å². The van der Waals surface area contributed by atoms with Crippen molar-refractivity contribution in [2.24, 2.45) is 5.92 Å². The fourth-order valence-corrected chi connectivity index (χ4v) is 8.09. The molecule has 0 bridgehead atoms. The lowest BCUT2D eigenvalue weighted by atomic mass is 9.99. The fraction of sp³-hybridized carbons (Fsp3) is 1.00. The summed E-state index contributed by atoms with van der Waals surface area (Å²) in [4.78, 5) is 0. The second-order valence-corrected chi connectivity index (χ2v) is 10.2. The molecule has 0 aliphatic heterocycles. The molecule has 1 aliphatic carbocycles. The molecule has 0 radical (unpaired) electrons. The third kappa shape index (κ3) is 2.09. The Hall–Kier alpha value is 0.137. The van der Waals surface area contributed by atoms with E-state index < -0.39 is 8.56 Å². The van der Waals surface area contributed by atoms with Crippen LogP contribution in [-0.4, -0.2) is 22.8 Å². The Kier molecular flexibility index (Phi) is 4.61. The molecule has 1 aliphatic rings. The lowest BCUT2D eigenvalue weighted by Crippen LogP contribution is -2.55. The van der Waals surface area contributed by atoms with Crippen molar-refractivity contribution >= 4 is 8.56 Å². The van der Waals surface area contributed by atoms with E-state index in [0.717, 1.165) is 0 Å². The van der Waals surface area contributed by atoms with Gasteiger partial charge in [-0.25, -0.2) is 0 Å². The van der Waals surface area contributed by atoms with Crippen molar-refractivity contribution in [3.8, 4) is 0 Å².